The van der Waals surface area contributed by atoms with Crippen LogP contribution in [0.3, 0.4) is 0 Å². The second-order valence-electron chi connectivity index (χ2n) is 6.59. The minimum Gasteiger partial charge on any atom is -0.388 e. The van der Waals surface area contributed by atoms with E-state index in [4.69, 9.17) is 0 Å². The minimum atomic E-state index is -0.714. The lowest BCUT2D eigenvalue weighted by atomic mass is 9.94. The highest BCUT2D eigenvalue weighted by Gasteiger charge is 2.28. The molecule has 124 valence electrons. The molecule has 1 aromatic heterocycles. The number of para-hydroxylation sites is 2. The maximum absolute atomic E-state index is 12.1. The van der Waals surface area contributed by atoms with Gasteiger partial charge in [0.2, 0.25) is 5.91 Å². The Hall–Kier alpha value is -1.88. The number of aromatic nitrogens is 2. The summed E-state index contributed by atoms with van der Waals surface area (Å²) in [5.74, 6) is -0.0135. The Balaban J connectivity index is 1.49. The number of amides is 1. The molecule has 0 radical (unpaired) electrons. The standard InChI is InChI=1S/C18H25N3O2/c22-17(19-13-18(23)10-5-1-2-6-11-18)9-12-21-14-20-15-7-3-4-8-16(15)21/h3-4,7-8,14,23H,1-2,5-6,9-13H2,(H,19,22). The van der Waals surface area contributed by atoms with Gasteiger partial charge in [-0.15, -0.1) is 0 Å². The molecule has 0 bridgehead atoms. The summed E-state index contributed by atoms with van der Waals surface area (Å²) >= 11 is 0. The van der Waals surface area contributed by atoms with Gasteiger partial charge in [-0.05, 0) is 25.0 Å². The molecule has 5 heteroatoms. The van der Waals surface area contributed by atoms with E-state index < -0.39 is 5.60 Å². The summed E-state index contributed by atoms with van der Waals surface area (Å²) in [6.45, 7) is 0.973. The van der Waals surface area contributed by atoms with Crippen molar-refractivity contribution in [3.8, 4) is 0 Å². The number of nitrogens with one attached hydrogen (secondary N) is 1. The highest BCUT2D eigenvalue weighted by molar-refractivity contribution is 5.77. The van der Waals surface area contributed by atoms with Gasteiger partial charge in [0.05, 0.1) is 23.0 Å². The third-order valence-corrected chi connectivity index (χ3v) is 4.76. The van der Waals surface area contributed by atoms with Gasteiger partial charge in [-0.2, -0.15) is 0 Å². The van der Waals surface area contributed by atoms with Gasteiger partial charge >= 0.3 is 0 Å². The highest BCUT2D eigenvalue weighted by atomic mass is 16.3. The first-order chi connectivity index (χ1) is 11.2. The van der Waals surface area contributed by atoms with E-state index in [2.05, 4.69) is 10.3 Å². The number of carbonyl (C=O) groups excluding carboxylic acids is 1. The first kappa shape index (κ1) is 16.0. The van der Waals surface area contributed by atoms with Gasteiger partial charge in [0.15, 0.2) is 0 Å². The van der Waals surface area contributed by atoms with Gasteiger partial charge in [-0.1, -0.05) is 37.8 Å². The summed E-state index contributed by atoms with van der Waals surface area (Å²) in [5.41, 5.74) is 1.27. The van der Waals surface area contributed by atoms with Crippen molar-refractivity contribution in [2.24, 2.45) is 0 Å². The van der Waals surface area contributed by atoms with E-state index in [-0.39, 0.29) is 5.91 Å². The van der Waals surface area contributed by atoms with E-state index in [1.807, 2.05) is 28.8 Å². The molecule has 0 atom stereocenters. The first-order valence-electron chi connectivity index (χ1n) is 8.55. The van der Waals surface area contributed by atoms with Gasteiger partial charge in [-0.3, -0.25) is 4.79 Å². The van der Waals surface area contributed by atoms with Gasteiger partial charge < -0.3 is 15.0 Å². The third kappa shape index (κ3) is 4.10. The van der Waals surface area contributed by atoms with Crippen molar-refractivity contribution in [2.45, 2.75) is 57.1 Å². The maximum atomic E-state index is 12.1. The van der Waals surface area contributed by atoms with Crippen LogP contribution in [-0.4, -0.2) is 32.7 Å². The van der Waals surface area contributed by atoms with Crippen LogP contribution in [0.15, 0.2) is 30.6 Å². The smallest absolute Gasteiger partial charge is 0.221 e. The second-order valence-corrected chi connectivity index (χ2v) is 6.59. The third-order valence-electron chi connectivity index (χ3n) is 4.76. The molecule has 3 rings (SSSR count). The van der Waals surface area contributed by atoms with E-state index >= 15 is 0 Å². The van der Waals surface area contributed by atoms with Crippen molar-refractivity contribution >= 4 is 16.9 Å². The number of imidazole rings is 1. The molecule has 2 aromatic rings. The number of carbonyl (C=O) groups is 1. The van der Waals surface area contributed by atoms with Crippen molar-refractivity contribution in [3.05, 3.63) is 30.6 Å². The van der Waals surface area contributed by atoms with Crippen molar-refractivity contribution in [1.82, 2.24) is 14.9 Å². The van der Waals surface area contributed by atoms with Gasteiger partial charge in [0, 0.05) is 19.5 Å². The summed E-state index contributed by atoms with van der Waals surface area (Å²) < 4.78 is 2.00. The number of fused-ring (bicyclic) bond motifs is 1. The van der Waals surface area contributed by atoms with Gasteiger partial charge in [-0.25, -0.2) is 4.98 Å². The van der Waals surface area contributed by atoms with Crippen LogP contribution in [-0.2, 0) is 11.3 Å². The maximum Gasteiger partial charge on any atom is 0.221 e. The number of hydrogen-bond donors (Lipinski definition) is 2. The Morgan fingerprint density at radius 2 is 1.96 bits per heavy atom. The normalized spacial score (nSPS) is 17.8. The van der Waals surface area contributed by atoms with Crippen LogP contribution in [0.2, 0.25) is 0 Å². The molecule has 1 saturated carbocycles. The SMILES string of the molecule is O=C(CCn1cnc2ccccc21)NCC1(O)CCCCCC1. The zero-order valence-corrected chi connectivity index (χ0v) is 13.5. The Bertz CT molecular complexity index is 657. The van der Waals surface area contributed by atoms with Crippen LogP contribution < -0.4 is 5.32 Å². The van der Waals surface area contributed by atoms with Crippen molar-refractivity contribution < 1.29 is 9.90 Å². The number of rotatable bonds is 5. The molecule has 23 heavy (non-hydrogen) atoms. The van der Waals surface area contributed by atoms with Crippen molar-refractivity contribution in [2.75, 3.05) is 6.54 Å². The van der Waals surface area contributed by atoms with Crippen LogP contribution in [0.25, 0.3) is 11.0 Å². The largest absolute Gasteiger partial charge is 0.388 e. The molecule has 1 aromatic carbocycles. The topological polar surface area (TPSA) is 67.2 Å². The fraction of sp³-hybridized carbons (Fsp3) is 0.556. The average molecular weight is 315 g/mol. The van der Waals surface area contributed by atoms with Crippen LogP contribution in [0.5, 0.6) is 0 Å². The molecule has 2 N–H and O–H groups in total. The van der Waals surface area contributed by atoms with E-state index in [1.165, 1.54) is 12.8 Å². The summed E-state index contributed by atoms with van der Waals surface area (Å²) in [7, 11) is 0. The number of benzene rings is 1. The summed E-state index contributed by atoms with van der Waals surface area (Å²) in [5, 5.41) is 13.5. The first-order valence-corrected chi connectivity index (χ1v) is 8.55. The summed E-state index contributed by atoms with van der Waals surface area (Å²) in [6, 6.07) is 7.91. The molecule has 5 nitrogen and oxygen atoms in total. The fourth-order valence-electron chi connectivity index (χ4n) is 3.33. The van der Waals surface area contributed by atoms with E-state index in [0.717, 1.165) is 36.7 Å². The Morgan fingerprint density at radius 3 is 2.74 bits per heavy atom. The Morgan fingerprint density at radius 1 is 1.22 bits per heavy atom. The molecule has 1 fully saturated rings. The molecule has 1 aliphatic carbocycles. The molecule has 0 spiro atoms. The predicted octanol–water partition coefficient (Wildman–Crippen LogP) is 2.63. The summed E-state index contributed by atoms with van der Waals surface area (Å²) in [4.78, 5) is 16.4. The number of hydrogen-bond acceptors (Lipinski definition) is 3. The summed E-state index contributed by atoms with van der Waals surface area (Å²) in [6.07, 6.45) is 8.22. The van der Waals surface area contributed by atoms with Crippen LogP contribution >= 0.6 is 0 Å². The van der Waals surface area contributed by atoms with Crippen LogP contribution in [0.4, 0.5) is 0 Å². The average Bonchev–Trinajstić information content (AvgIpc) is 2.85. The highest BCUT2D eigenvalue weighted by Crippen LogP contribution is 2.26. The zero-order chi connectivity index (χ0) is 16.1. The Labute approximate surface area is 136 Å². The number of aryl methyl sites for hydroxylation is 1. The molecule has 1 heterocycles. The van der Waals surface area contributed by atoms with Gasteiger partial charge in [0.25, 0.3) is 0 Å². The van der Waals surface area contributed by atoms with Crippen molar-refractivity contribution in [3.63, 3.8) is 0 Å². The lowest BCUT2D eigenvalue weighted by molar-refractivity contribution is -0.122. The second kappa shape index (κ2) is 7.13. The minimum absolute atomic E-state index is 0.0135. The Kier molecular flexibility index (Phi) is 4.96. The molecule has 1 amide bonds. The molecular weight excluding hydrogens is 290 g/mol. The van der Waals surface area contributed by atoms with Crippen molar-refractivity contribution in [1.29, 1.82) is 0 Å². The molecular formula is C18H25N3O2. The monoisotopic (exact) mass is 315 g/mol. The fourth-order valence-corrected chi connectivity index (χ4v) is 3.33. The number of aliphatic hydroxyl groups is 1. The van der Waals surface area contributed by atoms with E-state index in [0.29, 0.717) is 19.5 Å². The molecule has 0 saturated heterocycles. The molecule has 0 aliphatic heterocycles. The number of nitrogens with zero attached hydrogens (tertiary/aromatic N) is 2. The van der Waals surface area contributed by atoms with E-state index in [1.54, 1.807) is 6.33 Å². The zero-order valence-electron chi connectivity index (χ0n) is 13.5. The van der Waals surface area contributed by atoms with Crippen LogP contribution in [0.1, 0.15) is 44.9 Å². The van der Waals surface area contributed by atoms with Crippen LogP contribution in [0, 0.1) is 0 Å². The van der Waals surface area contributed by atoms with E-state index in [9.17, 15) is 9.90 Å². The lowest BCUT2D eigenvalue weighted by Crippen LogP contribution is -2.42. The van der Waals surface area contributed by atoms with Gasteiger partial charge in [0.1, 0.15) is 0 Å². The molecule has 1 aliphatic rings. The lowest BCUT2D eigenvalue weighted by Gasteiger charge is -2.26. The predicted molar refractivity (Wildman–Crippen MR) is 90.0 cm³/mol. The molecule has 0 unspecified atom stereocenters. The quantitative estimate of drug-likeness (QED) is 0.834.